The van der Waals surface area contributed by atoms with Gasteiger partial charge in [0.2, 0.25) is 0 Å². The van der Waals surface area contributed by atoms with Crippen LogP contribution < -0.4 is 4.90 Å². The van der Waals surface area contributed by atoms with Gasteiger partial charge >= 0.3 is 0 Å². The molecule has 0 unspecified atom stereocenters. The van der Waals surface area contributed by atoms with E-state index in [0.29, 0.717) is 0 Å². The van der Waals surface area contributed by atoms with Crippen molar-refractivity contribution in [1.29, 1.82) is 0 Å². The van der Waals surface area contributed by atoms with Crippen LogP contribution in [0.1, 0.15) is 49.9 Å². The number of halogens is 1. The molecule has 0 atom stereocenters. The van der Waals surface area contributed by atoms with Gasteiger partial charge in [-0.3, -0.25) is 0 Å². The van der Waals surface area contributed by atoms with Crippen LogP contribution in [-0.2, 0) is 10.8 Å². The normalized spacial score (nSPS) is 14.6. The van der Waals surface area contributed by atoms with Crippen molar-refractivity contribution in [3.05, 3.63) is 228 Å². The number of nitrogens with zero attached hydrogens (tertiary/aromatic N) is 2. The third-order valence-electron chi connectivity index (χ3n) is 14.0. The Balaban J connectivity index is 0.968. The molecule has 12 rings (SSSR count). The number of anilines is 3. The average molecular weight is 813 g/mol. The Hall–Kier alpha value is -7.49. The molecule has 0 saturated heterocycles. The van der Waals surface area contributed by atoms with Gasteiger partial charge in [0, 0.05) is 44.4 Å². The number of allylic oxidation sites excluding steroid dienone is 2. The Morgan fingerprint density at radius 1 is 0.413 bits per heavy atom. The third kappa shape index (κ3) is 5.62. The number of hydrogen-bond donors (Lipinski definition) is 0. The molecule has 9 aromatic carbocycles. The standard InChI is InChI=1S/C60H45FN2/c1-59(2)52-17-11-10-16-49(52)57-58(59)50-33-22-42(36-53(50)60(57,3)4)40-20-26-44(27-21-40)62(45-30-24-43(61)25-31-45)47-32-35-54-51(37-47)56-48-15-9-8-14-41(48)23-34-55(56)63(54)46-28-18-39(19-29-46)38-12-6-5-7-13-38/h5-37H,1-4H3. The largest absolute Gasteiger partial charge is 0.310 e. The molecule has 0 spiro atoms. The molecule has 1 aromatic heterocycles. The highest BCUT2D eigenvalue weighted by Gasteiger charge is 2.49. The van der Waals surface area contributed by atoms with Gasteiger partial charge in [-0.1, -0.05) is 149 Å². The van der Waals surface area contributed by atoms with Crippen molar-refractivity contribution < 1.29 is 4.39 Å². The number of fused-ring (bicyclic) bond motifs is 9. The van der Waals surface area contributed by atoms with Gasteiger partial charge in [0.15, 0.2) is 0 Å². The highest BCUT2D eigenvalue weighted by atomic mass is 19.1. The Morgan fingerprint density at radius 3 is 1.73 bits per heavy atom. The molecular weight excluding hydrogens is 768 g/mol. The van der Waals surface area contributed by atoms with Gasteiger partial charge in [0.25, 0.3) is 0 Å². The molecule has 302 valence electrons. The van der Waals surface area contributed by atoms with Gasteiger partial charge in [-0.05, 0) is 145 Å². The summed E-state index contributed by atoms with van der Waals surface area (Å²) in [6.45, 7) is 9.53. The van der Waals surface area contributed by atoms with Gasteiger partial charge < -0.3 is 9.47 Å². The molecule has 0 fully saturated rings. The molecule has 0 bridgehead atoms. The first-order valence-electron chi connectivity index (χ1n) is 21.9. The zero-order valence-electron chi connectivity index (χ0n) is 35.8. The number of rotatable bonds is 6. The van der Waals surface area contributed by atoms with Crippen molar-refractivity contribution >= 4 is 60.8 Å². The first-order valence-corrected chi connectivity index (χ1v) is 21.9. The molecule has 0 N–H and O–H groups in total. The zero-order valence-corrected chi connectivity index (χ0v) is 35.8. The van der Waals surface area contributed by atoms with Gasteiger partial charge in [-0.25, -0.2) is 4.39 Å². The Morgan fingerprint density at radius 2 is 0.968 bits per heavy atom. The zero-order chi connectivity index (χ0) is 42.6. The van der Waals surface area contributed by atoms with Crippen LogP contribution in [0.3, 0.4) is 0 Å². The Labute approximate surface area is 367 Å². The van der Waals surface area contributed by atoms with E-state index in [0.717, 1.165) is 44.7 Å². The summed E-state index contributed by atoms with van der Waals surface area (Å²) in [6, 6.07) is 71.0. The lowest BCUT2D eigenvalue weighted by atomic mass is 9.75. The van der Waals surface area contributed by atoms with Crippen LogP contribution in [0.25, 0.3) is 71.7 Å². The van der Waals surface area contributed by atoms with E-state index in [9.17, 15) is 4.39 Å². The fraction of sp³-hybridized carbons (Fsp3) is 0.100. The smallest absolute Gasteiger partial charge is 0.123 e. The summed E-state index contributed by atoms with van der Waals surface area (Å²) >= 11 is 0. The third-order valence-corrected chi connectivity index (χ3v) is 14.0. The predicted molar refractivity (Wildman–Crippen MR) is 263 cm³/mol. The SMILES string of the molecule is CC1(C)C2=C(c3ccccc31)C(C)(C)c1cc(-c3ccc(N(c4ccc(F)cc4)c4ccc5c(c4)c4c6ccccc6ccc4n5-c4ccc(-c5ccccc5)cc4)cc3)ccc12. The summed E-state index contributed by atoms with van der Waals surface area (Å²) in [4.78, 5) is 2.24. The van der Waals surface area contributed by atoms with Gasteiger partial charge in [0.1, 0.15) is 5.82 Å². The summed E-state index contributed by atoms with van der Waals surface area (Å²) in [5.41, 5.74) is 19.3. The summed E-state index contributed by atoms with van der Waals surface area (Å²) < 4.78 is 16.9. The molecule has 63 heavy (non-hydrogen) atoms. The van der Waals surface area contributed by atoms with E-state index in [4.69, 9.17) is 0 Å². The second-order valence-electron chi connectivity index (χ2n) is 18.3. The van der Waals surface area contributed by atoms with E-state index in [1.165, 1.54) is 66.2 Å². The monoisotopic (exact) mass is 812 g/mol. The Bertz CT molecular complexity index is 3480. The molecule has 10 aromatic rings. The van der Waals surface area contributed by atoms with Crippen molar-refractivity contribution in [3.63, 3.8) is 0 Å². The average Bonchev–Trinajstić information content (AvgIpc) is 3.88. The summed E-state index contributed by atoms with van der Waals surface area (Å²) in [5, 5.41) is 4.77. The molecule has 2 aliphatic carbocycles. The highest BCUT2D eigenvalue weighted by Crippen LogP contribution is 2.62. The number of aromatic nitrogens is 1. The molecule has 0 aliphatic heterocycles. The minimum absolute atomic E-state index is 0.0550. The maximum absolute atomic E-state index is 14.5. The van der Waals surface area contributed by atoms with Crippen LogP contribution >= 0.6 is 0 Å². The maximum Gasteiger partial charge on any atom is 0.123 e. The van der Waals surface area contributed by atoms with Crippen molar-refractivity contribution in [1.82, 2.24) is 4.57 Å². The fourth-order valence-electron chi connectivity index (χ4n) is 11.0. The quantitative estimate of drug-likeness (QED) is 0.162. The molecule has 2 aliphatic rings. The molecular formula is C60H45FN2. The van der Waals surface area contributed by atoms with E-state index in [2.05, 4.69) is 213 Å². The second kappa shape index (κ2) is 13.8. The van der Waals surface area contributed by atoms with Crippen LogP contribution in [-0.4, -0.2) is 4.57 Å². The molecule has 0 saturated carbocycles. The van der Waals surface area contributed by atoms with E-state index < -0.39 is 0 Å². The molecule has 2 nitrogen and oxygen atoms in total. The van der Waals surface area contributed by atoms with E-state index in [1.54, 1.807) is 12.1 Å². The van der Waals surface area contributed by atoms with E-state index in [-0.39, 0.29) is 16.6 Å². The summed E-state index contributed by atoms with van der Waals surface area (Å²) in [5.74, 6) is -0.260. The first-order chi connectivity index (χ1) is 30.7. The van der Waals surface area contributed by atoms with Gasteiger partial charge in [0.05, 0.1) is 11.0 Å². The number of benzene rings is 9. The van der Waals surface area contributed by atoms with Crippen LogP contribution in [0.15, 0.2) is 200 Å². The minimum atomic E-state index is -0.260. The predicted octanol–water partition coefficient (Wildman–Crippen LogP) is 16.4. The highest BCUT2D eigenvalue weighted by molar-refractivity contribution is 6.22. The van der Waals surface area contributed by atoms with Crippen molar-refractivity contribution in [3.8, 4) is 27.9 Å². The van der Waals surface area contributed by atoms with Crippen LogP contribution in [0, 0.1) is 5.82 Å². The van der Waals surface area contributed by atoms with E-state index in [1.807, 2.05) is 12.1 Å². The number of hydrogen-bond acceptors (Lipinski definition) is 1. The topological polar surface area (TPSA) is 8.17 Å². The first kappa shape index (κ1) is 37.3. The van der Waals surface area contributed by atoms with Crippen molar-refractivity contribution in [2.24, 2.45) is 0 Å². The minimum Gasteiger partial charge on any atom is -0.310 e. The molecule has 0 amide bonds. The lowest BCUT2D eigenvalue weighted by Crippen LogP contribution is -2.19. The van der Waals surface area contributed by atoms with Gasteiger partial charge in [-0.2, -0.15) is 0 Å². The molecule has 0 radical (unpaired) electrons. The Kier molecular flexibility index (Phi) is 8.14. The molecule has 3 heteroatoms. The lowest BCUT2D eigenvalue weighted by molar-refractivity contribution is 0.628. The lowest BCUT2D eigenvalue weighted by Gasteiger charge is -2.28. The van der Waals surface area contributed by atoms with Crippen molar-refractivity contribution in [2.45, 2.75) is 38.5 Å². The second-order valence-corrected chi connectivity index (χ2v) is 18.3. The van der Waals surface area contributed by atoms with Crippen LogP contribution in [0.2, 0.25) is 0 Å². The van der Waals surface area contributed by atoms with Gasteiger partial charge in [-0.15, -0.1) is 0 Å². The summed E-state index contributed by atoms with van der Waals surface area (Å²) in [7, 11) is 0. The van der Waals surface area contributed by atoms with Crippen molar-refractivity contribution in [2.75, 3.05) is 4.90 Å². The maximum atomic E-state index is 14.5. The summed E-state index contributed by atoms with van der Waals surface area (Å²) in [6.07, 6.45) is 0. The van der Waals surface area contributed by atoms with Crippen LogP contribution in [0.4, 0.5) is 21.5 Å². The van der Waals surface area contributed by atoms with Crippen LogP contribution in [0.5, 0.6) is 0 Å². The molecule has 1 heterocycles. The van der Waals surface area contributed by atoms with E-state index >= 15 is 0 Å². The fourth-order valence-corrected chi connectivity index (χ4v) is 11.0.